The zero-order valence-electron chi connectivity index (χ0n) is 18.1. The molecule has 30 heavy (non-hydrogen) atoms. The highest BCUT2D eigenvalue weighted by Gasteiger charge is 2.34. The van der Waals surface area contributed by atoms with Crippen LogP contribution >= 0.6 is 0 Å². The Hall–Kier alpha value is -2.93. The summed E-state index contributed by atoms with van der Waals surface area (Å²) in [5.74, 6) is -0.704. The fourth-order valence-corrected chi connectivity index (χ4v) is 4.84. The van der Waals surface area contributed by atoms with E-state index in [2.05, 4.69) is 5.10 Å². The van der Waals surface area contributed by atoms with Crippen LogP contribution in [0.4, 0.5) is 0 Å². The van der Waals surface area contributed by atoms with Gasteiger partial charge in [0.2, 0.25) is 15.7 Å². The van der Waals surface area contributed by atoms with Crippen LogP contribution < -0.4 is 4.74 Å². The van der Waals surface area contributed by atoms with Crippen molar-refractivity contribution in [2.75, 3.05) is 0 Å². The van der Waals surface area contributed by atoms with Crippen LogP contribution in [0, 0.1) is 20.8 Å². The van der Waals surface area contributed by atoms with E-state index < -0.39 is 21.3 Å². The van der Waals surface area contributed by atoms with E-state index in [-0.39, 0.29) is 21.4 Å². The summed E-state index contributed by atoms with van der Waals surface area (Å²) in [6.45, 7) is 11.0. The number of carbonyl (C=O) groups excluding carboxylic acids is 1. The molecule has 6 nitrogen and oxygen atoms in total. The quantitative estimate of drug-likeness (QED) is 0.569. The molecule has 0 aliphatic heterocycles. The van der Waals surface area contributed by atoms with E-state index in [0.29, 0.717) is 5.56 Å². The molecule has 0 amide bonds. The van der Waals surface area contributed by atoms with Crippen LogP contribution in [0.3, 0.4) is 0 Å². The SMILES string of the molecule is Cc1cc(C)cc(C(=O)Oc2c(S(=O)(=O)c3ccccc3)c(C)nn2C(C)(C)C)c1. The number of aromatic nitrogens is 2. The molecule has 7 heteroatoms. The molecule has 0 radical (unpaired) electrons. The third-order valence-electron chi connectivity index (χ3n) is 4.57. The van der Waals surface area contributed by atoms with Crippen LogP contribution in [0.1, 0.15) is 48.0 Å². The summed E-state index contributed by atoms with van der Waals surface area (Å²) in [6.07, 6.45) is 0. The number of hydrogen-bond donors (Lipinski definition) is 0. The van der Waals surface area contributed by atoms with Crippen LogP contribution in [0.2, 0.25) is 0 Å². The Kier molecular flexibility index (Phi) is 5.60. The maximum absolute atomic E-state index is 13.4. The van der Waals surface area contributed by atoms with Crippen molar-refractivity contribution < 1.29 is 17.9 Å². The number of nitrogens with zero attached hydrogens (tertiary/aromatic N) is 2. The fraction of sp³-hybridized carbons (Fsp3) is 0.304. The smallest absolute Gasteiger partial charge is 0.344 e. The lowest BCUT2D eigenvalue weighted by molar-refractivity contribution is 0.0703. The lowest BCUT2D eigenvalue weighted by Crippen LogP contribution is -2.26. The van der Waals surface area contributed by atoms with Crippen molar-refractivity contribution in [3.05, 3.63) is 70.9 Å². The molecule has 0 aliphatic rings. The van der Waals surface area contributed by atoms with Crippen molar-refractivity contribution in [2.24, 2.45) is 0 Å². The van der Waals surface area contributed by atoms with Gasteiger partial charge in [0.05, 0.1) is 21.7 Å². The predicted octanol–water partition coefficient (Wildman–Crippen LogP) is 4.62. The van der Waals surface area contributed by atoms with E-state index in [1.54, 1.807) is 37.3 Å². The number of hydrogen-bond acceptors (Lipinski definition) is 5. The molecule has 0 saturated heterocycles. The third-order valence-corrected chi connectivity index (χ3v) is 6.47. The minimum Gasteiger partial charge on any atom is -0.403 e. The van der Waals surface area contributed by atoms with Crippen molar-refractivity contribution in [3.8, 4) is 5.88 Å². The number of sulfone groups is 1. The maximum atomic E-state index is 13.4. The molecule has 0 aliphatic carbocycles. The van der Waals surface area contributed by atoms with Gasteiger partial charge < -0.3 is 4.74 Å². The predicted molar refractivity (Wildman–Crippen MR) is 115 cm³/mol. The average molecular weight is 427 g/mol. The van der Waals surface area contributed by atoms with Crippen LogP contribution in [0.25, 0.3) is 0 Å². The molecule has 1 heterocycles. The van der Waals surface area contributed by atoms with Crippen molar-refractivity contribution in [1.82, 2.24) is 9.78 Å². The molecule has 0 fully saturated rings. The molecule has 3 aromatic rings. The van der Waals surface area contributed by atoms with Gasteiger partial charge in [-0.3, -0.25) is 0 Å². The van der Waals surface area contributed by atoms with Gasteiger partial charge in [-0.1, -0.05) is 35.4 Å². The Morgan fingerprint density at radius 2 is 1.53 bits per heavy atom. The van der Waals surface area contributed by atoms with E-state index in [1.165, 1.54) is 16.8 Å². The van der Waals surface area contributed by atoms with Gasteiger partial charge in [0, 0.05) is 0 Å². The standard InChI is InChI=1S/C23H26N2O4S/c1-15-12-16(2)14-18(13-15)22(26)29-21-20(17(3)24-25(21)23(4,5)6)30(27,28)19-10-8-7-9-11-19/h7-14H,1-6H3. The first-order valence-electron chi connectivity index (χ1n) is 9.62. The summed E-state index contributed by atoms with van der Waals surface area (Å²) in [4.78, 5) is 13.0. The van der Waals surface area contributed by atoms with Crippen molar-refractivity contribution in [3.63, 3.8) is 0 Å². The summed E-state index contributed by atoms with van der Waals surface area (Å²) in [6, 6.07) is 13.4. The number of esters is 1. The maximum Gasteiger partial charge on any atom is 0.344 e. The van der Waals surface area contributed by atoms with Crippen molar-refractivity contribution >= 4 is 15.8 Å². The lowest BCUT2D eigenvalue weighted by Gasteiger charge is -2.22. The van der Waals surface area contributed by atoms with E-state index in [0.717, 1.165) is 11.1 Å². The summed E-state index contributed by atoms with van der Waals surface area (Å²) >= 11 is 0. The van der Waals surface area contributed by atoms with Gasteiger partial charge in [0.1, 0.15) is 0 Å². The molecular weight excluding hydrogens is 400 g/mol. The average Bonchev–Trinajstić information content (AvgIpc) is 2.98. The Morgan fingerprint density at radius 3 is 2.07 bits per heavy atom. The molecule has 158 valence electrons. The summed E-state index contributed by atoms with van der Waals surface area (Å²) in [7, 11) is -3.94. The van der Waals surface area contributed by atoms with Gasteiger partial charge in [0.25, 0.3) is 0 Å². The van der Waals surface area contributed by atoms with Crippen LogP contribution in [0.15, 0.2) is 58.3 Å². The lowest BCUT2D eigenvalue weighted by atomic mass is 10.1. The zero-order chi connectivity index (χ0) is 22.3. The van der Waals surface area contributed by atoms with Gasteiger partial charge in [-0.2, -0.15) is 5.10 Å². The molecular formula is C23H26N2O4S. The molecule has 0 spiro atoms. The monoisotopic (exact) mass is 426 g/mol. The van der Waals surface area contributed by atoms with Crippen LogP contribution in [0.5, 0.6) is 5.88 Å². The molecule has 0 unspecified atom stereocenters. The fourth-order valence-electron chi connectivity index (χ4n) is 3.30. The van der Waals surface area contributed by atoms with Gasteiger partial charge in [-0.25, -0.2) is 17.9 Å². The Morgan fingerprint density at radius 1 is 0.967 bits per heavy atom. The van der Waals surface area contributed by atoms with E-state index in [1.807, 2.05) is 40.7 Å². The minimum atomic E-state index is -3.94. The summed E-state index contributed by atoms with van der Waals surface area (Å²) < 4.78 is 34.0. The van der Waals surface area contributed by atoms with Gasteiger partial charge >= 0.3 is 5.97 Å². The number of rotatable bonds is 4. The minimum absolute atomic E-state index is 0.0759. The summed E-state index contributed by atoms with van der Waals surface area (Å²) in [5, 5.41) is 4.42. The Bertz CT molecular complexity index is 1180. The molecule has 0 N–H and O–H groups in total. The first kappa shape index (κ1) is 21.8. The number of aryl methyl sites for hydroxylation is 3. The summed E-state index contributed by atoms with van der Waals surface area (Å²) in [5.41, 5.74) is 1.86. The van der Waals surface area contributed by atoms with Crippen LogP contribution in [-0.2, 0) is 15.4 Å². The Balaban J connectivity index is 2.18. The molecule has 0 bridgehead atoms. The van der Waals surface area contributed by atoms with E-state index in [4.69, 9.17) is 4.74 Å². The normalized spacial score (nSPS) is 12.1. The number of ether oxygens (including phenoxy) is 1. The van der Waals surface area contributed by atoms with Crippen molar-refractivity contribution in [2.45, 2.75) is 56.9 Å². The molecule has 2 aromatic carbocycles. The Labute approximate surface area is 177 Å². The van der Waals surface area contributed by atoms with Gasteiger partial charge in [0.15, 0.2) is 4.90 Å². The molecule has 1 aromatic heterocycles. The molecule has 0 atom stereocenters. The molecule has 3 rings (SSSR count). The zero-order valence-corrected chi connectivity index (χ0v) is 18.9. The van der Waals surface area contributed by atoms with Crippen molar-refractivity contribution in [1.29, 1.82) is 0 Å². The number of benzene rings is 2. The second kappa shape index (κ2) is 7.72. The van der Waals surface area contributed by atoms with E-state index >= 15 is 0 Å². The van der Waals surface area contributed by atoms with E-state index in [9.17, 15) is 13.2 Å². The highest BCUT2D eigenvalue weighted by Crippen LogP contribution is 2.36. The second-order valence-corrected chi connectivity index (χ2v) is 10.3. The highest BCUT2D eigenvalue weighted by molar-refractivity contribution is 7.91. The van der Waals surface area contributed by atoms with Crippen LogP contribution in [-0.4, -0.2) is 24.2 Å². The first-order chi connectivity index (χ1) is 13.9. The second-order valence-electron chi connectivity index (χ2n) is 8.38. The largest absolute Gasteiger partial charge is 0.403 e. The highest BCUT2D eigenvalue weighted by atomic mass is 32.2. The third kappa shape index (κ3) is 4.16. The van der Waals surface area contributed by atoms with Gasteiger partial charge in [-0.05, 0) is 65.8 Å². The van der Waals surface area contributed by atoms with Gasteiger partial charge in [-0.15, -0.1) is 0 Å². The topological polar surface area (TPSA) is 78.3 Å². The number of carbonyl (C=O) groups is 1. The first-order valence-corrected chi connectivity index (χ1v) is 11.1. The molecule has 0 saturated carbocycles.